The molecule has 2 aromatic rings. The predicted molar refractivity (Wildman–Crippen MR) is 106 cm³/mol. The van der Waals surface area contributed by atoms with Crippen LogP contribution in [0.4, 0.5) is 4.39 Å². The van der Waals surface area contributed by atoms with Crippen LogP contribution in [-0.4, -0.2) is 56.9 Å². The number of carbonyl (C=O) groups excluding carboxylic acids is 1. The zero-order valence-corrected chi connectivity index (χ0v) is 16.9. The molecule has 0 radical (unpaired) electrons. The van der Waals surface area contributed by atoms with Crippen molar-refractivity contribution in [2.24, 2.45) is 0 Å². The molecule has 0 bridgehead atoms. The minimum absolute atomic E-state index is 0.0103. The lowest BCUT2D eigenvalue weighted by atomic mass is 9.77. The number of carbonyl (C=O) groups is 1. The highest BCUT2D eigenvalue weighted by Gasteiger charge is 2.41. The van der Waals surface area contributed by atoms with Gasteiger partial charge < -0.3 is 24.2 Å². The molecule has 0 aliphatic carbocycles. The molecular weight excluding hydrogens is 377 g/mol. The van der Waals surface area contributed by atoms with Crippen LogP contribution in [0.25, 0.3) is 0 Å². The van der Waals surface area contributed by atoms with Crippen molar-refractivity contribution in [3.8, 4) is 17.2 Å². The first-order chi connectivity index (χ1) is 14.0. The average molecular weight is 403 g/mol. The second-order valence-electron chi connectivity index (χ2n) is 7.15. The van der Waals surface area contributed by atoms with Crippen LogP contribution >= 0.6 is 0 Å². The molecule has 3 rings (SSSR count). The lowest BCUT2D eigenvalue weighted by Crippen LogP contribution is -2.35. The van der Waals surface area contributed by atoms with E-state index in [1.165, 1.54) is 33.5 Å². The number of ether oxygens (including phenoxy) is 3. The number of hydrogen-bond acceptors (Lipinski definition) is 5. The summed E-state index contributed by atoms with van der Waals surface area (Å²) in [4.78, 5) is 15.0. The van der Waals surface area contributed by atoms with E-state index in [0.29, 0.717) is 48.7 Å². The SMILES string of the molecule is COc1cc(C(=O)N2CCC(CCO)(c3ccc(F)cc3)C2)cc(OC)c1OC. The standard InChI is InChI=1S/C22H26FNO5/c1-27-18-12-15(13-19(28-2)20(18)29-3)21(26)24-10-8-22(14-24,9-11-25)16-4-6-17(23)7-5-16/h4-7,12-13,25H,8-11,14H2,1-3H3. The molecule has 1 aliphatic rings. The van der Waals surface area contributed by atoms with Gasteiger partial charge >= 0.3 is 0 Å². The fraction of sp³-hybridized carbons (Fsp3) is 0.409. The summed E-state index contributed by atoms with van der Waals surface area (Å²) >= 11 is 0. The van der Waals surface area contributed by atoms with Crippen molar-refractivity contribution < 1.29 is 28.5 Å². The van der Waals surface area contributed by atoms with Crippen LogP contribution in [0.5, 0.6) is 17.2 Å². The predicted octanol–water partition coefficient (Wildman–Crippen LogP) is 3.02. The third-order valence-corrected chi connectivity index (χ3v) is 5.60. The van der Waals surface area contributed by atoms with E-state index >= 15 is 0 Å². The quantitative estimate of drug-likeness (QED) is 0.770. The lowest BCUT2D eigenvalue weighted by molar-refractivity contribution is 0.0778. The highest BCUT2D eigenvalue weighted by molar-refractivity contribution is 5.96. The fourth-order valence-corrected chi connectivity index (χ4v) is 4.03. The average Bonchev–Trinajstić information content (AvgIpc) is 3.17. The smallest absolute Gasteiger partial charge is 0.254 e. The summed E-state index contributed by atoms with van der Waals surface area (Å²) in [5.41, 5.74) is 0.949. The Labute approximate surface area is 169 Å². The third kappa shape index (κ3) is 4.00. The molecule has 1 fully saturated rings. The molecule has 0 aromatic heterocycles. The summed E-state index contributed by atoms with van der Waals surface area (Å²) in [6.07, 6.45) is 1.19. The Morgan fingerprint density at radius 2 is 1.72 bits per heavy atom. The molecule has 1 amide bonds. The molecule has 1 unspecified atom stereocenters. The van der Waals surface area contributed by atoms with Crippen molar-refractivity contribution in [1.29, 1.82) is 0 Å². The molecule has 156 valence electrons. The summed E-state index contributed by atoms with van der Waals surface area (Å²) in [6.45, 7) is 0.963. The van der Waals surface area contributed by atoms with Gasteiger partial charge in [-0.15, -0.1) is 0 Å². The molecule has 1 aliphatic heterocycles. The van der Waals surface area contributed by atoms with Crippen LogP contribution < -0.4 is 14.2 Å². The van der Waals surface area contributed by atoms with Gasteiger partial charge in [0.05, 0.1) is 21.3 Å². The first-order valence-electron chi connectivity index (χ1n) is 9.44. The molecule has 1 atom stereocenters. The Hall–Kier alpha value is -2.80. The van der Waals surface area contributed by atoms with Crippen molar-refractivity contribution >= 4 is 5.91 Å². The number of benzene rings is 2. The highest BCUT2D eigenvalue weighted by atomic mass is 19.1. The largest absolute Gasteiger partial charge is 0.493 e. The van der Waals surface area contributed by atoms with Gasteiger partial charge in [0, 0.05) is 30.7 Å². The molecule has 6 nitrogen and oxygen atoms in total. The first kappa shape index (κ1) is 20.9. The fourth-order valence-electron chi connectivity index (χ4n) is 4.03. The maximum atomic E-state index is 13.4. The van der Waals surface area contributed by atoms with Crippen molar-refractivity contribution in [1.82, 2.24) is 4.90 Å². The van der Waals surface area contributed by atoms with Gasteiger partial charge in [-0.05, 0) is 42.7 Å². The van der Waals surface area contributed by atoms with Gasteiger partial charge in [-0.3, -0.25) is 4.79 Å². The minimum Gasteiger partial charge on any atom is -0.493 e. The zero-order valence-electron chi connectivity index (χ0n) is 16.9. The normalized spacial score (nSPS) is 18.6. The van der Waals surface area contributed by atoms with E-state index in [0.717, 1.165) is 5.56 Å². The molecule has 0 spiro atoms. The van der Waals surface area contributed by atoms with Gasteiger partial charge in [0.15, 0.2) is 11.5 Å². The van der Waals surface area contributed by atoms with Crippen molar-refractivity contribution in [3.05, 3.63) is 53.3 Å². The van der Waals surface area contributed by atoms with Crippen LogP contribution in [0.1, 0.15) is 28.8 Å². The van der Waals surface area contributed by atoms with Crippen molar-refractivity contribution in [2.45, 2.75) is 18.3 Å². The van der Waals surface area contributed by atoms with E-state index in [2.05, 4.69) is 0 Å². The van der Waals surface area contributed by atoms with Crippen LogP contribution in [0.2, 0.25) is 0 Å². The number of aliphatic hydroxyl groups is 1. The van der Waals surface area contributed by atoms with Gasteiger partial charge in [-0.1, -0.05) is 12.1 Å². The van der Waals surface area contributed by atoms with E-state index in [4.69, 9.17) is 14.2 Å². The van der Waals surface area contributed by atoms with Crippen molar-refractivity contribution in [2.75, 3.05) is 41.0 Å². The number of rotatable bonds is 7. The maximum Gasteiger partial charge on any atom is 0.254 e. The number of halogens is 1. The number of aliphatic hydroxyl groups excluding tert-OH is 1. The number of amides is 1. The summed E-state index contributed by atoms with van der Waals surface area (Å²) in [7, 11) is 4.51. The molecule has 0 saturated carbocycles. The van der Waals surface area contributed by atoms with Crippen LogP contribution in [-0.2, 0) is 5.41 Å². The third-order valence-electron chi connectivity index (χ3n) is 5.60. The van der Waals surface area contributed by atoms with E-state index in [1.807, 2.05) is 0 Å². The number of nitrogens with zero attached hydrogens (tertiary/aromatic N) is 1. The van der Waals surface area contributed by atoms with Gasteiger partial charge in [0.1, 0.15) is 5.82 Å². The summed E-state index contributed by atoms with van der Waals surface area (Å²) in [5, 5.41) is 9.62. The summed E-state index contributed by atoms with van der Waals surface area (Å²) in [6, 6.07) is 9.56. The molecule has 1 saturated heterocycles. The molecule has 7 heteroatoms. The molecule has 1 heterocycles. The van der Waals surface area contributed by atoms with Gasteiger partial charge in [0.25, 0.3) is 5.91 Å². The lowest BCUT2D eigenvalue weighted by Gasteiger charge is -2.29. The zero-order chi connectivity index (χ0) is 21.0. The molecule has 29 heavy (non-hydrogen) atoms. The Bertz CT molecular complexity index is 845. The second-order valence-corrected chi connectivity index (χ2v) is 7.15. The maximum absolute atomic E-state index is 13.4. The second kappa shape index (κ2) is 8.69. The first-order valence-corrected chi connectivity index (χ1v) is 9.44. The Morgan fingerprint density at radius 3 is 2.24 bits per heavy atom. The molecular formula is C22H26FNO5. The van der Waals surface area contributed by atoms with Gasteiger partial charge in [-0.25, -0.2) is 4.39 Å². The molecule has 1 N–H and O–H groups in total. The molecule has 2 aromatic carbocycles. The number of methoxy groups -OCH3 is 3. The van der Waals surface area contributed by atoms with E-state index < -0.39 is 5.41 Å². The highest BCUT2D eigenvalue weighted by Crippen LogP contribution is 2.41. The summed E-state index contributed by atoms with van der Waals surface area (Å²) in [5.74, 6) is 0.778. The van der Waals surface area contributed by atoms with Crippen LogP contribution in [0, 0.1) is 5.82 Å². The number of likely N-dealkylation sites (tertiary alicyclic amines) is 1. The Kier molecular flexibility index (Phi) is 6.27. The van der Waals surface area contributed by atoms with E-state index in [1.54, 1.807) is 29.2 Å². The van der Waals surface area contributed by atoms with E-state index in [9.17, 15) is 14.3 Å². The Morgan fingerprint density at radius 1 is 1.10 bits per heavy atom. The topological polar surface area (TPSA) is 68.2 Å². The van der Waals surface area contributed by atoms with Gasteiger partial charge in [0.2, 0.25) is 5.75 Å². The summed E-state index contributed by atoms with van der Waals surface area (Å²) < 4.78 is 29.4. The Balaban J connectivity index is 1.90. The van der Waals surface area contributed by atoms with Gasteiger partial charge in [-0.2, -0.15) is 0 Å². The van der Waals surface area contributed by atoms with Crippen molar-refractivity contribution in [3.63, 3.8) is 0 Å². The minimum atomic E-state index is -0.404. The van der Waals surface area contributed by atoms with E-state index in [-0.39, 0.29) is 18.3 Å². The van der Waals surface area contributed by atoms with Crippen LogP contribution in [0.3, 0.4) is 0 Å². The number of hydrogen-bond donors (Lipinski definition) is 1. The van der Waals surface area contributed by atoms with Crippen LogP contribution in [0.15, 0.2) is 36.4 Å². The monoisotopic (exact) mass is 403 g/mol.